The molecule has 0 saturated carbocycles. The Labute approximate surface area is 160 Å². The number of anilines is 2. The van der Waals surface area contributed by atoms with E-state index in [2.05, 4.69) is 5.32 Å². The van der Waals surface area contributed by atoms with Gasteiger partial charge in [-0.25, -0.2) is 4.79 Å². The molecule has 0 spiro atoms. The van der Waals surface area contributed by atoms with E-state index in [1.54, 1.807) is 6.07 Å². The summed E-state index contributed by atoms with van der Waals surface area (Å²) in [6.07, 6.45) is -5.26. The fraction of sp³-hybridized carbons (Fsp3) is 0.158. The van der Waals surface area contributed by atoms with Crippen LogP contribution in [0.5, 0.6) is 17.2 Å². The monoisotopic (exact) mass is 407 g/mol. The molecule has 1 aromatic heterocycles. The van der Waals surface area contributed by atoms with Crippen LogP contribution >= 0.6 is 0 Å². The maximum Gasteiger partial charge on any atom is 0.455 e. The van der Waals surface area contributed by atoms with E-state index in [0.29, 0.717) is 17.2 Å². The first-order valence-electron chi connectivity index (χ1n) is 8.21. The molecule has 1 N–H and O–H groups in total. The molecule has 3 aromatic rings. The van der Waals surface area contributed by atoms with Gasteiger partial charge >= 0.3 is 11.8 Å². The summed E-state index contributed by atoms with van der Waals surface area (Å²) >= 11 is 0. The van der Waals surface area contributed by atoms with Gasteiger partial charge < -0.3 is 23.9 Å². The van der Waals surface area contributed by atoms with E-state index in [0.717, 1.165) is 0 Å². The summed E-state index contributed by atoms with van der Waals surface area (Å²) in [4.78, 5) is 24.3. The van der Waals surface area contributed by atoms with E-state index < -0.39 is 23.1 Å². The molecule has 0 fully saturated rings. The van der Waals surface area contributed by atoms with Gasteiger partial charge in [0.1, 0.15) is 16.9 Å². The van der Waals surface area contributed by atoms with Crippen LogP contribution in [-0.4, -0.2) is 25.9 Å². The second kappa shape index (κ2) is 6.73. The number of halogens is 3. The van der Waals surface area contributed by atoms with E-state index in [-0.39, 0.29) is 29.1 Å². The minimum absolute atomic E-state index is 0.00818. The summed E-state index contributed by atoms with van der Waals surface area (Å²) in [6, 6.07) is 8.73. The molecular formula is C19H12F3NO6. The highest BCUT2D eigenvalue weighted by Crippen LogP contribution is 2.38. The number of fused-ring (bicyclic) bond motifs is 2. The Morgan fingerprint density at radius 1 is 1.10 bits per heavy atom. The molecule has 2 aromatic carbocycles. The number of carbonyl (C=O) groups is 1. The van der Waals surface area contributed by atoms with Crippen molar-refractivity contribution in [1.29, 1.82) is 0 Å². The first-order valence-corrected chi connectivity index (χ1v) is 8.21. The van der Waals surface area contributed by atoms with Crippen LogP contribution in [0.25, 0.3) is 11.0 Å². The Bertz CT molecular complexity index is 1190. The van der Waals surface area contributed by atoms with E-state index >= 15 is 0 Å². The van der Waals surface area contributed by atoms with Crippen molar-refractivity contribution in [3.8, 4) is 17.2 Å². The zero-order valence-corrected chi connectivity index (χ0v) is 14.8. The normalized spacial score (nSPS) is 12.8. The van der Waals surface area contributed by atoms with Crippen molar-refractivity contribution in [3.63, 3.8) is 0 Å². The average Bonchev–Trinajstić information content (AvgIpc) is 3.14. The Hall–Kier alpha value is -3.69. The van der Waals surface area contributed by atoms with Crippen LogP contribution in [0.1, 0.15) is 10.4 Å². The topological polar surface area (TPSA) is 87.0 Å². The van der Waals surface area contributed by atoms with Gasteiger partial charge in [-0.3, -0.25) is 4.79 Å². The number of hydrogen-bond donors (Lipinski definition) is 1. The lowest BCUT2D eigenvalue weighted by molar-refractivity contribution is -0.0886. The number of Topliss-reactive ketones (excluding diaryl/α,β-unsaturated/α-hetero) is 1. The minimum atomic E-state index is -5.26. The molecule has 4 rings (SSSR count). The lowest BCUT2D eigenvalue weighted by Crippen LogP contribution is -2.29. The molecule has 0 saturated heterocycles. The van der Waals surface area contributed by atoms with Gasteiger partial charge in [-0.2, -0.15) is 13.2 Å². The van der Waals surface area contributed by atoms with Crippen molar-refractivity contribution in [3.05, 3.63) is 52.4 Å². The second-order valence-electron chi connectivity index (χ2n) is 6.02. The Morgan fingerprint density at radius 2 is 1.86 bits per heavy atom. The highest BCUT2D eigenvalue weighted by atomic mass is 19.4. The zero-order valence-electron chi connectivity index (χ0n) is 14.8. The molecule has 1 aliphatic heterocycles. The lowest BCUT2D eigenvalue weighted by Gasteiger charge is -2.15. The summed E-state index contributed by atoms with van der Waals surface area (Å²) in [5.74, 6) is -1.16. The minimum Gasteiger partial charge on any atom is -0.497 e. The van der Waals surface area contributed by atoms with Gasteiger partial charge in [-0.15, -0.1) is 0 Å². The van der Waals surface area contributed by atoms with Gasteiger partial charge in [0.2, 0.25) is 6.79 Å². The first kappa shape index (κ1) is 18.7. The molecule has 7 nitrogen and oxygen atoms in total. The number of ether oxygens (including phenoxy) is 3. The molecule has 1 aliphatic rings. The average molecular weight is 407 g/mol. The molecule has 2 heterocycles. The number of nitrogens with one attached hydrogen (secondary N) is 1. The molecule has 0 unspecified atom stereocenters. The third-order valence-electron chi connectivity index (χ3n) is 4.24. The third kappa shape index (κ3) is 3.33. The highest BCUT2D eigenvalue weighted by Gasteiger charge is 2.43. The molecular weight excluding hydrogens is 395 g/mol. The molecule has 10 heteroatoms. The van der Waals surface area contributed by atoms with Crippen LogP contribution < -0.4 is 25.2 Å². The lowest BCUT2D eigenvalue weighted by atomic mass is 10.1. The van der Waals surface area contributed by atoms with E-state index in [1.165, 1.54) is 37.4 Å². The summed E-state index contributed by atoms with van der Waals surface area (Å²) in [5, 5.41) is 2.81. The van der Waals surface area contributed by atoms with Gasteiger partial charge in [0.25, 0.3) is 5.78 Å². The van der Waals surface area contributed by atoms with E-state index in [9.17, 15) is 22.8 Å². The molecule has 0 amide bonds. The van der Waals surface area contributed by atoms with Crippen molar-refractivity contribution in [1.82, 2.24) is 0 Å². The predicted molar refractivity (Wildman–Crippen MR) is 95.3 cm³/mol. The zero-order chi connectivity index (χ0) is 20.8. The maximum absolute atomic E-state index is 13.1. The largest absolute Gasteiger partial charge is 0.497 e. The smallest absolute Gasteiger partial charge is 0.455 e. The van der Waals surface area contributed by atoms with Crippen LogP contribution in [0.2, 0.25) is 0 Å². The molecule has 0 atom stereocenters. The predicted octanol–water partition coefficient (Wildman–Crippen LogP) is 4.02. The standard InChI is InChI=1S/C19H12F3NO6/c1-26-10-3-4-11-13(7-10)29-18(25)15(17(24)19(20,21)22)16(11)23-9-2-5-12-14(6-9)28-8-27-12/h2-7,23H,8H2,1H3. The Kier molecular flexibility index (Phi) is 4.33. The van der Waals surface area contributed by atoms with Crippen molar-refractivity contribution < 1.29 is 36.6 Å². The second-order valence-corrected chi connectivity index (χ2v) is 6.02. The molecule has 29 heavy (non-hydrogen) atoms. The highest BCUT2D eigenvalue weighted by molar-refractivity contribution is 6.10. The van der Waals surface area contributed by atoms with Gasteiger partial charge in [0.15, 0.2) is 11.5 Å². The van der Waals surface area contributed by atoms with Crippen molar-refractivity contribution in [2.45, 2.75) is 6.18 Å². The molecule has 150 valence electrons. The quantitative estimate of drug-likeness (QED) is 0.516. The third-order valence-corrected chi connectivity index (χ3v) is 4.24. The van der Waals surface area contributed by atoms with Crippen molar-refractivity contribution in [2.75, 3.05) is 19.2 Å². The summed E-state index contributed by atoms with van der Waals surface area (Å²) in [7, 11) is 1.38. The number of alkyl halides is 3. The number of ketones is 1. The SMILES string of the molecule is COc1ccc2c(Nc3ccc4c(c3)OCO4)c(C(=O)C(F)(F)F)c(=O)oc2c1. The van der Waals surface area contributed by atoms with Crippen LogP contribution in [0.4, 0.5) is 24.5 Å². The van der Waals surface area contributed by atoms with Crippen LogP contribution in [0, 0.1) is 0 Å². The fourth-order valence-corrected chi connectivity index (χ4v) is 2.90. The Balaban J connectivity index is 1.93. The number of methoxy groups -OCH3 is 1. The van der Waals surface area contributed by atoms with Crippen LogP contribution in [0.15, 0.2) is 45.6 Å². The van der Waals surface area contributed by atoms with E-state index in [1.807, 2.05) is 0 Å². The molecule has 0 radical (unpaired) electrons. The maximum atomic E-state index is 13.1. The first-order chi connectivity index (χ1) is 13.8. The van der Waals surface area contributed by atoms with Crippen LogP contribution in [-0.2, 0) is 0 Å². The molecule has 0 aliphatic carbocycles. The number of carbonyl (C=O) groups excluding carboxylic acids is 1. The van der Waals surface area contributed by atoms with Gasteiger partial charge in [-0.1, -0.05) is 0 Å². The van der Waals surface area contributed by atoms with Crippen molar-refractivity contribution in [2.24, 2.45) is 0 Å². The van der Waals surface area contributed by atoms with Gasteiger partial charge in [0.05, 0.1) is 12.8 Å². The fourth-order valence-electron chi connectivity index (χ4n) is 2.90. The van der Waals surface area contributed by atoms with Gasteiger partial charge in [-0.05, 0) is 24.3 Å². The van der Waals surface area contributed by atoms with Crippen molar-refractivity contribution >= 4 is 28.1 Å². The number of rotatable bonds is 4. The molecule has 0 bridgehead atoms. The number of benzene rings is 2. The van der Waals surface area contributed by atoms with E-state index in [4.69, 9.17) is 18.6 Å². The van der Waals surface area contributed by atoms with Gasteiger partial charge in [0, 0.05) is 23.2 Å². The number of hydrogen-bond acceptors (Lipinski definition) is 7. The summed E-state index contributed by atoms with van der Waals surface area (Å²) in [5.41, 5.74) is -2.66. The van der Waals surface area contributed by atoms with Crippen LogP contribution in [0.3, 0.4) is 0 Å². The Morgan fingerprint density at radius 3 is 2.59 bits per heavy atom. The summed E-state index contributed by atoms with van der Waals surface area (Å²) < 4.78 is 59.8. The summed E-state index contributed by atoms with van der Waals surface area (Å²) in [6.45, 7) is 0.00818.